The summed E-state index contributed by atoms with van der Waals surface area (Å²) in [5.41, 5.74) is 7.17. The summed E-state index contributed by atoms with van der Waals surface area (Å²) in [6.07, 6.45) is 6.37. The van der Waals surface area contributed by atoms with Crippen LogP contribution in [0.25, 0.3) is 0 Å². The van der Waals surface area contributed by atoms with Gasteiger partial charge in [0.1, 0.15) is 0 Å². The van der Waals surface area contributed by atoms with Crippen molar-refractivity contribution in [2.45, 2.75) is 45.1 Å². The Bertz CT molecular complexity index is 386. The Balaban J connectivity index is 1.95. The van der Waals surface area contributed by atoms with Crippen LogP contribution < -0.4 is 10.6 Å². The van der Waals surface area contributed by atoms with E-state index in [0.29, 0.717) is 12.0 Å². The maximum absolute atomic E-state index is 6.01. The molecule has 1 unspecified atom stereocenters. The molecular formula is C15H23N3. The number of rotatable bonds is 6. The Morgan fingerprint density at radius 1 is 1.22 bits per heavy atom. The first-order valence-electron chi connectivity index (χ1n) is 6.97. The molecule has 0 amide bonds. The summed E-state index contributed by atoms with van der Waals surface area (Å²) in [4.78, 5) is 6.58. The predicted octanol–water partition coefficient (Wildman–Crippen LogP) is 3.16. The molecule has 18 heavy (non-hydrogen) atoms. The first-order chi connectivity index (χ1) is 8.83. The molecule has 1 heterocycles. The molecule has 98 valence electrons. The second-order valence-corrected chi connectivity index (χ2v) is 4.91. The van der Waals surface area contributed by atoms with E-state index in [0.717, 1.165) is 12.2 Å². The van der Waals surface area contributed by atoms with Crippen LogP contribution >= 0.6 is 0 Å². The van der Waals surface area contributed by atoms with Gasteiger partial charge in [0.2, 0.25) is 0 Å². The number of anilines is 1. The molecule has 0 fully saturated rings. The van der Waals surface area contributed by atoms with Crippen molar-refractivity contribution in [3.8, 4) is 0 Å². The Morgan fingerprint density at radius 3 is 2.72 bits per heavy atom. The highest BCUT2D eigenvalue weighted by molar-refractivity contribution is 5.97. The SMILES string of the molecule is CCCCCCC1CN=C(N)N1c1ccccc1. The molecule has 0 aliphatic carbocycles. The lowest BCUT2D eigenvalue weighted by atomic mass is 10.1. The highest BCUT2D eigenvalue weighted by Gasteiger charge is 2.26. The van der Waals surface area contributed by atoms with E-state index < -0.39 is 0 Å². The van der Waals surface area contributed by atoms with Crippen LogP contribution in [0.3, 0.4) is 0 Å². The summed E-state index contributed by atoms with van der Waals surface area (Å²) < 4.78 is 0. The molecule has 0 saturated carbocycles. The molecule has 1 aliphatic heterocycles. The summed E-state index contributed by atoms with van der Waals surface area (Å²) in [6.45, 7) is 3.08. The van der Waals surface area contributed by atoms with Gasteiger partial charge < -0.3 is 10.6 Å². The smallest absolute Gasteiger partial charge is 0.196 e. The fourth-order valence-electron chi connectivity index (χ4n) is 2.50. The Hall–Kier alpha value is -1.51. The van der Waals surface area contributed by atoms with Crippen LogP contribution in [-0.2, 0) is 0 Å². The number of hydrogen-bond donors (Lipinski definition) is 1. The normalized spacial score (nSPS) is 19.1. The molecule has 1 aliphatic rings. The van der Waals surface area contributed by atoms with E-state index in [-0.39, 0.29) is 0 Å². The number of benzene rings is 1. The molecule has 1 aromatic carbocycles. The largest absolute Gasteiger partial charge is 0.370 e. The van der Waals surface area contributed by atoms with E-state index in [1.165, 1.54) is 32.1 Å². The first-order valence-corrected chi connectivity index (χ1v) is 6.97. The topological polar surface area (TPSA) is 41.6 Å². The third-order valence-electron chi connectivity index (χ3n) is 3.50. The average molecular weight is 245 g/mol. The van der Waals surface area contributed by atoms with Gasteiger partial charge in [0.05, 0.1) is 12.6 Å². The maximum atomic E-state index is 6.01. The summed E-state index contributed by atoms with van der Waals surface area (Å²) in [7, 11) is 0. The summed E-state index contributed by atoms with van der Waals surface area (Å²) in [5.74, 6) is 0.668. The minimum atomic E-state index is 0.448. The number of guanidine groups is 1. The second-order valence-electron chi connectivity index (χ2n) is 4.91. The zero-order valence-electron chi connectivity index (χ0n) is 11.2. The molecule has 0 bridgehead atoms. The van der Waals surface area contributed by atoms with Crippen LogP contribution in [0, 0.1) is 0 Å². The van der Waals surface area contributed by atoms with E-state index in [4.69, 9.17) is 5.73 Å². The highest BCUT2D eigenvalue weighted by atomic mass is 15.3. The molecule has 3 heteroatoms. The number of unbranched alkanes of at least 4 members (excludes halogenated alkanes) is 3. The van der Waals surface area contributed by atoms with E-state index in [2.05, 4.69) is 41.1 Å². The molecular weight excluding hydrogens is 222 g/mol. The Kier molecular flexibility index (Phi) is 4.62. The van der Waals surface area contributed by atoms with Crippen molar-refractivity contribution in [2.75, 3.05) is 11.4 Å². The molecule has 3 nitrogen and oxygen atoms in total. The molecule has 1 atom stereocenters. The number of nitrogens with zero attached hydrogens (tertiary/aromatic N) is 2. The summed E-state index contributed by atoms with van der Waals surface area (Å²) >= 11 is 0. The molecule has 1 aromatic rings. The molecule has 0 saturated heterocycles. The van der Waals surface area contributed by atoms with Gasteiger partial charge in [0, 0.05) is 5.69 Å². The highest BCUT2D eigenvalue weighted by Crippen LogP contribution is 2.23. The maximum Gasteiger partial charge on any atom is 0.196 e. The monoisotopic (exact) mass is 245 g/mol. The van der Waals surface area contributed by atoms with Crippen molar-refractivity contribution < 1.29 is 0 Å². The van der Waals surface area contributed by atoms with Gasteiger partial charge in [0.25, 0.3) is 0 Å². The van der Waals surface area contributed by atoms with Crippen LogP contribution in [0.5, 0.6) is 0 Å². The molecule has 2 N–H and O–H groups in total. The Morgan fingerprint density at radius 2 is 2.00 bits per heavy atom. The number of aliphatic imine (C=N–C) groups is 1. The average Bonchev–Trinajstić information content (AvgIpc) is 2.77. The van der Waals surface area contributed by atoms with Gasteiger partial charge >= 0.3 is 0 Å². The van der Waals surface area contributed by atoms with Crippen LogP contribution in [0.4, 0.5) is 5.69 Å². The first kappa shape index (κ1) is 12.9. The lowest BCUT2D eigenvalue weighted by Gasteiger charge is -2.26. The van der Waals surface area contributed by atoms with Gasteiger partial charge in [-0.1, -0.05) is 50.8 Å². The minimum absolute atomic E-state index is 0.448. The van der Waals surface area contributed by atoms with E-state index in [1.807, 2.05) is 6.07 Å². The zero-order valence-corrected chi connectivity index (χ0v) is 11.2. The van der Waals surface area contributed by atoms with Gasteiger partial charge in [-0.3, -0.25) is 4.99 Å². The second kappa shape index (κ2) is 6.43. The van der Waals surface area contributed by atoms with Crippen molar-refractivity contribution in [3.63, 3.8) is 0 Å². The van der Waals surface area contributed by atoms with E-state index in [1.54, 1.807) is 0 Å². The molecule has 0 aromatic heterocycles. The summed E-state index contributed by atoms with van der Waals surface area (Å²) in [5, 5.41) is 0. The van der Waals surface area contributed by atoms with Crippen molar-refractivity contribution in [1.29, 1.82) is 0 Å². The van der Waals surface area contributed by atoms with E-state index in [9.17, 15) is 0 Å². The van der Waals surface area contributed by atoms with Gasteiger partial charge in [-0.25, -0.2) is 0 Å². The van der Waals surface area contributed by atoms with Crippen LogP contribution in [0.2, 0.25) is 0 Å². The third-order valence-corrected chi connectivity index (χ3v) is 3.50. The standard InChI is InChI=1S/C15H23N3/c1-2-3-4-6-11-14-12-17-15(16)18(14)13-9-7-5-8-10-13/h5,7-10,14H,2-4,6,11-12H2,1H3,(H2,16,17). The van der Waals surface area contributed by atoms with Crippen LogP contribution in [0.15, 0.2) is 35.3 Å². The van der Waals surface area contributed by atoms with Gasteiger partial charge in [-0.05, 0) is 18.6 Å². The zero-order chi connectivity index (χ0) is 12.8. The minimum Gasteiger partial charge on any atom is -0.370 e. The molecule has 0 radical (unpaired) electrons. The lowest BCUT2D eigenvalue weighted by molar-refractivity contribution is 0.565. The molecule has 2 rings (SSSR count). The van der Waals surface area contributed by atoms with Gasteiger partial charge in [-0.15, -0.1) is 0 Å². The van der Waals surface area contributed by atoms with Crippen molar-refractivity contribution in [3.05, 3.63) is 30.3 Å². The van der Waals surface area contributed by atoms with Crippen LogP contribution in [-0.4, -0.2) is 18.5 Å². The quantitative estimate of drug-likeness (QED) is 0.782. The van der Waals surface area contributed by atoms with Gasteiger partial charge in [0.15, 0.2) is 5.96 Å². The predicted molar refractivity (Wildman–Crippen MR) is 78.0 cm³/mol. The van der Waals surface area contributed by atoms with Crippen molar-refractivity contribution in [2.24, 2.45) is 10.7 Å². The third kappa shape index (κ3) is 3.03. The van der Waals surface area contributed by atoms with E-state index >= 15 is 0 Å². The summed E-state index contributed by atoms with van der Waals surface area (Å²) in [6, 6.07) is 10.8. The van der Waals surface area contributed by atoms with Crippen LogP contribution in [0.1, 0.15) is 39.0 Å². The Labute approximate surface area is 110 Å². The number of hydrogen-bond acceptors (Lipinski definition) is 3. The van der Waals surface area contributed by atoms with Crippen molar-refractivity contribution in [1.82, 2.24) is 0 Å². The fraction of sp³-hybridized carbons (Fsp3) is 0.533. The number of nitrogens with two attached hydrogens (primary N) is 1. The fourth-order valence-corrected chi connectivity index (χ4v) is 2.50. The molecule has 0 spiro atoms. The number of para-hydroxylation sites is 1. The lowest BCUT2D eigenvalue weighted by Crippen LogP contribution is -2.40. The van der Waals surface area contributed by atoms with Gasteiger partial charge in [-0.2, -0.15) is 0 Å². The van der Waals surface area contributed by atoms with Crippen molar-refractivity contribution >= 4 is 11.6 Å².